The van der Waals surface area contributed by atoms with Crippen molar-refractivity contribution in [2.45, 2.75) is 20.3 Å². The maximum atomic E-state index is 10.2. The first-order valence-corrected chi connectivity index (χ1v) is 7.75. The molecule has 0 aliphatic heterocycles. The molecule has 4 nitrogen and oxygen atoms in total. The van der Waals surface area contributed by atoms with Crippen LogP contribution in [0.25, 0.3) is 0 Å². The van der Waals surface area contributed by atoms with Gasteiger partial charge in [0, 0.05) is 0 Å². The van der Waals surface area contributed by atoms with Crippen LogP contribution in [0.15, 0.2) is 22.7 Å². The van der Waals surface area contributed by atoms with Gasteiger partial charge in [0.2, 0.25) is 0 Å². The predicted molar refractivity (Wildman–Crippen MR) is 88.2 cm³/mol. The molecule has 0 aromatic heterocycles. The van der Waals surface area contributed by atoms with Crippen LogP contribution in [0.4, 0.5) is 0 Å². The van der Waals surface area contributed by atoms with Gasteiger partial charge in [-0.3, -0.25) is 0 Å². The number of aldehydes is 1. The summed E-state index contributed by atoms with van der Waals surface area (Å²) in [4.78, 5) is 10.2. The molecule has 0 N–H and O–H groups in total. The first-order valence-electron chi connectivity index (χ1n) is 7.00. The zero-order chi connectivity index (χ0) is 16.4. The minimum absolute atomic E-state index is 0.0897. The topological polar surface area (TPSA) is 44.8 Å². The van der Waals surface area contributed by atoms with Crippen molar-refractivity contribution in [3.63, 3.8) is 0 Å². The van der Waals surface area contributed by atoms with E-state index in [1.165, 1.54) is 0 Å². The van der Waals surface area contributed by atoms with Gasteiger partial charge in [0.15, 0.2) is 0 Å². The Kier molecular flexibility index (Phi) is 8.97. The third-order valence-electron chi connectivity index (χ3n) is 2.85. The third-order valence-corrected chi connectivity index (χ3v) is 3.16. The van der Waals surface area contributed by atoms with Crippen molar-refractivity contribution in [2.75, 3.05) is 26.4 Å². The highest BCUT2D eigenvalue weighted by molar-refractivity contribution is 6.55. The smallest absolute Gasteiger partial charge is 0.145 e. The van der Waals surface area contributed by atoms with E-state index in [0.717, 1.165) is 35.3 Å². The van der Waals surface area contributed by atoms with Crippen LogP contribution in [-0.4, -0.2) is 32.7 Å². The SMILES string of the molecule is CCc1cc(OCC=C(Cl)Cl)cc(C)c1OCCOCC=O. The molecule has 122 valence electrons. The van der Waals surface area contributed by atoms with Crippen LogP contribution in [0.3, 0.4) is 0 Å². The van der Waals surface area contributed by atoms with Crippen molar-refractivity contribution >= 4 is 29.5 Å². The molecule has 0 heterocycles. The Balaban J connectivity index is 2.69. The van der Waals surface area contributed by atoms with E-state index in [0.29, 0.717) is 19.8 Å². The number of hydrogen-bond donors (Lipinski definition) is 0. The molecule has 0 aliphatic carbocycles. The molecule has 1 rings (SSSR count). The quantitative estimate of drug-likeness (QED) is 0.476. The molecule has 0 fully saturated rings. The predicted octanol–water partition coefficient (Wildman–Crippen LogP) is 3.85. The number of hydrogen-bond acceptors (Lipinski definition) is 4. The zero-order valence-electron chi connectivity index (χ0n) is 12.7. The molecule has 22 heavy (non-hydrogen) atoms. The van der Waals surface area contributed by atoms with Crippen molar-refractivity contribution in [3.05, 3.63) is 33.8 Å². The Morgan fingerprint density at radius 3 is 2.59 bits per heavy atom. The van der Waals surface area contributed by atoms with Gasteiger partial charge in [0.1, 0.15) is 42.1 Å². The van der Waals surface area contributed by atoms with E-state index in [2.05, 4.69) is 0 Å². The van der Waals surface area contributed by atoms with Crippen molar-refractivity contribution in [1.82, 2.24) is 0 Å². The fourth-order valence-corrected chi connectivity index (χ4v) is 2.02. The van der Waals surface area contributed by atoms with Crippen LogP contribution < -0.4 is 9.47 Å². The summed E-state index contributed by atoms with van der Waals surface area (Å²) in [5, 5.41) is 0. The molecule has 0 amide bonds. The summed E-state index contributed by atoms with van der Waals surface area (Å²) in [6, 6.07) is 3.83. The highest BCUT2D eigenvalue weighted by atomic mass is 35.5. The number of benzene rings is 1. The Morgan fingerprint density at radius 1 is 1.18 bits per heavy atom. The lowest BCUT2D eigenvalue weighted by atomic mass is 10.1. The average Bonchev–Trinajstić information content (AvgIpc) is 2.48. The van der Waals surface area contributed by atoms with Gasteiger partial charge >= 0.3 is 0 Å². The maximum Gasteiger partial charge on any atom is 0.145 e. The van der Waals surface area contributed by atoms with Gasteiger partial charge in [-0.2, -0.15) is 0 Å². The molecule has 0 radical (unpaired) electrons. The summed E-state index contributed by atoms with van der Waals surface area (Å²) in [7, 11) is 0. The molecular formula is C16H20Cl2O4. The Hall–Kier alpha value is -1.23. The molecule has 0 saturated heterocycles. The lowest BCUT2D eigenvalue weighted by Gasteiger charge is -2.15. The molecule has 6 heteroatoms. The minimum Gasteiger partial charge on any atom is -0.491 e. The molecule has 0 aliphatic rings. The van der Waals surface area contributed by atoms with Gasteiger partial charge in [-0.25, -0.2) is 0 Å². The largest absolute Gasteiger partial charge is 0.491 e. The normalized spacial score (nSPS) is 10.2. The molecule has 1 aromatic rings. The van der Waals surface area contributed by atoms with Crippen LogP contribution in [0, 0.1) is 6.92 Å². The maximum absolute atomic E-state index is 10.2. The van der Waals surface area contributed by atoms with Crippen LogP contribution in [0.1, 0.15) is 18.1 Å². The fraction of sp³-hybridized carbons (Fsp3) is 0.438. The van der Waals surface area contributed by atoms with Crippen molar-refractivity contribution in [3.8, 4) is 11.5 Å². The Labute approximate surface area is 140 Å². The second-order valence-corrected chi connectivity index (χ2v) is 5.48. The van der Waals surface area contributed by atoms with Crippen LogP contribution in [-0.2, 0) is 16.0 Å². The van der Waals surface area contributed by atoms with E-state index in [-0.39, 0.29) is 11.1 Å². The standard InChI is InChI=1S/C16H20Cl2O4/c1-3-13-11-14(21-6-4-15(17)18)10-12(2)16(13)22-9-8-20-7-5-19/h4-5,10-11H,3,6-9H2,1-2H3. The van der Waals surface area contributed by atoms with Crippen molar-refractivity contribution in [1.29, 1.82) is 0 Å². The summed E-state index contributed by atoms with van der Waals surface area (Å²) in [5.74, 6) is 1.57. The molecule has 0 unspecified atom stereocenters. The summed E-state index contributed by atoms with van der Waals surface area (Å²) >= 11 is 11.1. The molecule has 0 saturated carbocycles. The monoisotopic (exact) mass is 346 g/mol. The van der Waals surface area contributed by atoms with Gasteiger partial charge in [0.25, 0.3) is 0 Å². The summed E-state index contributed by atoms with van der Waals surface area (Å²) in [6.45, 7) is 5.17. The number of rotatable bonds is 10. The molecule has 0 atom stereocenters. The fourth-order valence-electron chi connectivity index (χ4n) is 1.90. The second-order valence-electron chi connectivity index (χ2n) is 4.48. The van der Waals surface area contributed by atoms with E-state index < -0.39 is 0 Å². The molecular weight excluding hydrogens is 327 g/mol. The number of carbonyl (C=O) groups excluding carboxylic acids is 1. The summed E-state index contributed by atoms with van der Waals surface area (Å²) in [6.07, 6.45) is 3.11. The minimum atomic E-state index is 0.0897. The third kappa shape index (κ3) is 6.69. The Bertz CT molecular complexity index is 511. The summed E-state index contributed by atoms with van der Waals surface area (Å²) in [5.41, 5.74) is 2.03. The van der Waals surface area contributed by atoms with E-state index >= 15 is 0 Å². The lowest BCUT2D eigenvalue weighted by molar-refractivity contribution is -0.112. The summed E-state index contributed by atoms with van der Waals surface area (Å²) < 4.78 is 16.6. The lowest BCUT2D eigenvalue weighted by Crippen LogP contribution is -2.10. The first-order chi connectivity index (χ1) is 10.6. The zero-order valence-corrected chi connectivity index (χ0v) is 14.2. The van der Waals surface area contributed by atoms with Crippen LogP contribution in [0.5, 0.6) is 11.5 Å². The van der Waals surface area contributed by atoms with Crippen LogP contribution in [0.2, 0.25) is 0 Å². The number of ether oxygens (including phenoxy) is 3. The number of aryl methyl sites for hydroxylation is 2. The van der Waals surface area contributed by atoms with Gasteiger partial charge in [-0.05, 0) is 42.7 Å². The van der Waals surface area contributed by atoms with Gasteiger partial charge in [-0.15, -0.1) is 0 Å². The highest BCUT2D eigenvalue weighted by Gasteiger charge is 2.09. The van der Waals surface area contributed by atoms with E-state index in [1.54, 1.807) is 6.08 Å². The van der Waals surface area contributed by atoms with E-state index in [9.17, 15) is 4.79 Å². The molecule has 0 bridgehead atoms. The van der Waals surface area contributed by atoms with Gasteiger partial charge in [-0.1, -0.05) is 30.1 Å². The van der Waals surface area contributed by atoms with E-state index in [4.69, 9.17) is 37.4 Å². The number of carbonyl (C=O) groups is 1. The van der Waals surface area contributed by atoms with Gasteiger partial charge in [0.05, 0.1) is 6.61 Å². The molecule has 1 aromatic carbocycles. The van der Waals surface area contributed by atoms with E-state index in [1.807, 2.05) is 26.0 Å². The first kappa shape index (κ1) is 18.8. The van der Waals surface area contributed by atoms with Crippen molar-refractivity contribution < 1.29 is 19.0 Å². The average molecular weight is 347 g/mol. The number of halogens is 2. The van der Waals surface area contributed by atoms with Crippen molar-refractivity contribution in [2.24, 2.45) is 0 Å². The Morgan fingerprint density at radius 2 is 1.95 bits per heavy atom. The van der Waals surface area contributed by atoms with Crippen LogP contribution >= 0.6 is 23.2 Å². The molecule has 0 spiro atoms. The highest BCUT2D eigenvalue weighted by Crippen LogP contribution is 2.29. The van der Waals surface area contributed by atoms with Gasteiger partial charge < -0.3 is 19.0 Å². The second kappa shape index (κ2) is 10.5.